The van der Waals surface area contributed by atoms with Gasteiger partial charge in [0, 0.05) is 0 Å². The summed E-state index contributed by atoms with van der Waals surface area (Å²) in [5.41, 5.74) is 5.72. The number of hydrogen-bond acceptors (Lipinski definition) is 4. The highest BCUT2D eigenvalue weighted by atomic mass is 16.6. The highest BCUT2D eigenvalue weighted by Crippen LogP contribution is 2.43. The van der Waals surface area contributed by atoms with Crippen molar-refractivity contribution in [2.45, 2.75) is 31.8 Å². The van der Waals surface area contributed by atoms with Crippen molar-refractivity contribution in [1.82, 2.24) is 0 Å². The number of esters is 1. The van der Waals surface area contributed by atoms with Crippen LogP contribution in [-0.4, -0.2) is 31.8 Å². The molecule has 1 aliphatic heterocycles. The van der Waals surface area contributed by atoms with Crippen molar-refractivity contribution >= 4 is 5.97 Å². The lowest BCUT2D eigenvalue weighted by Gasteiger charge is -2.40. The van der Waals surface area contributed by atoms with Gasteiger partial charge in [0.05, 0.1) is 19.6 Å². The Morgan fingerprint density at radius 2 is 2.21 bits per heavy atom. The highest BCUT2D eigenvalue weighted by molar-refractivity contribution is 5.70. The number of ether oxygens (including phenoxy) is 2. The summed E-state index contributed by atoms with van der Waals surface area (Å²) in [5.74, 6) is -0.108. The zero-order valence-electron chi connectivity index (χ0n) is 8.33. The Morgan fingerprint density at radius 1 is 1.50 bits per heavy atom. The molecule has 0 unspecified atom stereocenters. The lowest BCUT2D eigenvalue weighted by molar-refractivity contribution is -0.175. The predicted molar refractivity (Wildman–Crippen MR) is 50.7 cm³/mol. The number of hydrogen-bond donors (Lipinski definition) is 1. The molecule has 4 heteroatoms. The molecular formula is C10H17NO3. The van der Waals surface area contributed by atoms with Crippen molar-refractivity contribution in [3.8, 4) is 0 Å². The van der Waals surface area contributed by atoms with Gasteiger partial charge >= 0.3 is 5.97 Å². The molecule has 14 heavy (non-hydrogen) atoms. The summed E-state index contributed by atoms with van der Waals surface area (Å²) in [5, 5.41) is 0. The predicted octanol–water partition coefficient (Wildman–Crippen LogP) is 0.447. The standard InChI is InChI=1S/C10H17NO3/c11-7-10(2-1-3-10)4-9(12)14-8-5-13-6-8/h8H,1-7,11H2. The Bertz CT molecular complexity index is 216. The summed E-state index contributed by atoms with van der Waals surface area (Å²) in [6.07, 6.45) is 3.81. The van der Waals surface area contributed by atoms with E-state index >= 15 is 0 Å². The van der Waals surface area contributed by atoms with Gasteiger partial charge in [0.1, 0.15) is 6.10 Å². The summed E-state index contributed by atoms with van der Waals surface area (Å²) >= 11 is 0. The molecule has 2 fully saturated rings. The summed E-state index contributed by atoms with van der Waals surface area (Å²) < 4.78 is 10.1. The SMILES string of the molecule is NCC1(CC(=O)OC2COC2)CCC1. The molecule has 2 aliphatic rings. The molecule has 0 radical (unpaired) electrons. The van der Waals surface area contributed by atoms with Gasteiger partial charge in [-0.3, -0.25) is 4.79 Å². The molecule has 2 N–H and O–H groups in total. The third-order valence-electron chi connectivity index (χ3n) is 3.27. The van der Waals surface area contributed by atoms with Crippen LogP contribution in [0.1, 0.15) is 25.7 Å². The van der Waals surface area contributed by atoms with E-state index in [1.807, 2.05) is 0 Å². The molecule has 1 heterocycles. The second-order valence-corrected chi connectivity index (χ2v) is 4.38. The lowest BCUT2D eigenvalue weighted by atomic mass is 9.67. The average Bonchev–Trinajstić information content (AvgIpc) is 2.04. The maximum absolute atomic E-state index is 11.5. The maximum Gasteiger partial charge on any atom is 0.306 e. The largest absolute Gasteiger partial charge is 0.457 e. The Kier molecular flexibility index (Phi) is 2.74. The molecule has 1 saturated carbocycles. The first-order valence-electron chi connectivity index (χ1n) is 5.21. The first-order chi connectivity index (χ1) is 6.74. The molecule has 2 rings (SSSR count). The fraction of sp³-hybridized carbons (Fsp3) is 0.900. The van der Waals surface area contributed by atoms with Crippen LogP contribution in [0.5, 0.6) is 0 Å². The molecule has 0 aromatic carbocycles. The Hall–Kier alpha value is -0.610. The van der Waals surface area contributed by atoms with Crippen molar-refractivity contribution in [3.63, 3.8) is 0 Å². The number of nitrogens with two attached hydrogens (primary N) is 1. The van der Waals surface area contributed by atoms with Crippen molar-refractivity contribution in [1.29, 1.82) is 0 Å². The molecule has 80 valence electrons. The van der Waals surface area contributed by atoms with Gasteiger partial charge in [-0.25, -0.2) is 0 Å². The van der Waals surface area contributed by atoms with Gasteiger partial charge in [-0.1, -0.05) is 6.42 Å². The minimum absolute atomic E-state index is 0.00241. The Balaban J connectivity index is 1.75. The fourth-order valence-corrected chi connectivity index (χ4v) is 1.95. The fourth-order valence-electron chi connectivity index (χ4n) is 1.95. The van der Waals surface area contributed by atoms with Gasteiger partial charge in [-0.05, 0) is 24.8 Å². The lowest BCUT2D eigenvalue weighted by Crippen LogP contribution is -2.42. The van der Waals surface area contributed by atoms with E-state index in [-0.39, 0.29) is 17.5 Å². The van der Waals surface area contributed by atoms with Crippen molar-refractivity contribution < 1.29 is 14.3 Å². The van der Waals surface area contributed by atoms with Crippen LogP contribution in [0.4, 0.5) is 0 Å². The third-order valence-corrected chi connectivity index (χ3v) is 3.27. The van der Waals surface area contributed by atoms with Crippen LogP contribution in [0.2, 0.25) is 0 Å². The van der Waals surface area contributed by atoms with Crippen molar-refractivity contribution in [2.24, 2.45) is 11.1 Å². The number of carbonyl (C=O) groups is 1. The van der Waals surface area contributed by atoms with Crippen LogP contribution in [0.3, 0.4) is 0 Å². The zero-order valence-corrected chi connectivity index (χ0v) is 8.33. The van der Waals surface area contributed by atoms with Gasteiger partial charge in [-0.15, -0.1) is 0 Å². The van der Waals surface area contributed by atoms with E-state index in [9.17, 15) is 4.79 Å². The third kappa shape index (κ3) is 1.91. The van der Waals surface area contributed by atoms with E-state index in [0.29, 0.717) is 26.2 Å². The molecule has 4 nitrogen and oxygen atoms in total. The molecule has 1 saturated heterocycles. The zero-order chi connectivity index (χ0) is 10.0. The van der Waals surface area contributed by atoms with Gasteiger partial charge < -0.3 is 15.2 Å². The Labute approximate surface area is 83.7 Å². The maximum atomic E-state index is 11.5. The van der Waals surface area contributed by atoms with Crippen LogP contribution in [0.25, 0.3) is 0 Å². The van der Waals surface area contributed by atoms with Gasteiger partial charge in [0.25, 0.3) is 0 Å². The molecule has 0 aromatic heterocycles. The van der Waals surface area contributed by atoms with Gasteiger partial charge in [-0.2, -0.15) is 0 Å². The van der Waals surface area contributed by atoms with E-state index in [2.05, 4.69) is 0 Å². The molecule has 0 spiro atoms. The molecule has 1 aliphatic carbocycles. The van der Waals surface area contributed by atoms with Crippen LogP contribution in [-0.2, 0) is 14.3 Å². The van der Waals surface area contributed by atoms with Crippen LogP contribution in [0.15, 0.2) is 0 Å². The molecule has 0 amide bonds. The second kappa shape index (κ2) is 3.87. The van der Waals surface area contributed by atoms with Crippen molar-refractivity contribution in [2.75, 3.05) is 19.8 Å². The minimum Gasteiger partial charge on any atom is -0.457 e. The highest BCUT2D eigenvalue weighted by Gasteiger charge is 2.38. The quantitative estimate of drug-likeness (QED) is 0.668. The van der Waals surface area contributed by atoms with E-state index in [1.54, 1.807) is 0 Å². The van der Waals surface area contributed by atoms with E-state index in [0.717, 1.165) is 12.8 Å². The monoisotopic (exact) mass is 199 g/mol. The van der Waals surface area contributed by atoms with Crippen LogP contribution in [0, 0.1) is 5.41 Å². The normalized spacial score (nSPS) is 24.9. The van der Waals surface area contributed by atoms with E-state index in [4.69, 9.17) is 15.2 Å². The summed E-state index contributed by atoms with van der Waals surface area (Å²) in [6.45, 7) is 1.71. The van der Waals surface area contributed by atoms with E-state index < -0.39 is 0 Å². The molecular weight excluding hydrogens is 182 g/mol. The van der Waals surface area contributed by atoms with E-state index in [1.165, 1.54) is 6.42 Å². The summed E-state index contributed by atoms with van der Waals surface area (Å²) in [7, 11) is 0. The molecule has 0 atom stereocenters. The average molecular weight is 199 g/mol. The Morgan fingerprint density at radius 3 is 2.57 bits per heavy atom. The number of carbonyl (C=O) groups excluding carboxylic acids is 1. The molecule has 0 aromatic rings. The summed E-state index contributed by atoms with van der Waals surface area (Å²) in [6, 6.07) is 0. The topological polar surface area (TPSA) is 61.6 Å². The number of rotatable bonds is 4. The minimum atomic E-state index is -0.108. The van der Waals surface area contributed by atoms with Gasteiger partial charge in [0.15, 0.2) is 0 Å². The first kappa shape index (κ1) is 9.93. The first-order valence-corrected chi connectivity index (χ1v) is 5.21. The van der Waals surface area contributed by atoms with Crippen LogP contribution < -0.4 is 5.73 Å². The smallest absolute Gasteiger partial charge is 0.306 e. The molecule has 0 bridgehead atoms. The van der Waals surface area contributed by atoms with Crippen LogP contribution >= 0.6 is 0 Å². The summed E-state index contributed by atoms with van der Waals surface area (Å²) in [4.78, 5) is 11.5. The van der Waals surface area contributed by atoms with Crippen molar-refractivity contribution in [3.05, 3.63) is 0 Å². The second-order valence-electron chi connectivity index (χ2n) is 4.38. The van der Waals surface area contributed by atoms with Gasteiger partial charge in [0.2, 0.25) is 0 Å².